The minimum absolute atomic E-state index is 0.0120. The van der Waals surface area contributed by atoms with Crippen LogP contribution in [-0.4, -0.2) is 28.0 Å². The van der Waals surface area contributed by atoms with Crippen molar-refractivity contribution in [3.8, 4) is 0 Å². The Labute approximate surface area is 134 Å². The fraction of sp³-hybridized carbons (Fsp3) is 0.615. The zero-order valence-corrected chi connectivity index (χ0v) is 13.4. The van der Waals surface area contributed by atoms with E-state index in [1.807, 2.05) is 0 Å². The first-order valence-corrected chi connectivity index (χ1v) is 8.65. The smallest absolute Gasteiger partial charge is 0.300 e. The van der Waals surface area contributed by atoms with Gasteiger partial charge in [0, 0.05) is 11.7 Å². The molecule has 1 aliphatic rings. The van der Waals surface area contributed by atoms with Gasteiger partial charge in [0.05, 0.1) is 5.92 Å². The molecule has 122 valence electrons. The molecule has 2 rings (SSSR count). The Balaban J connectivity index is 1.83. The number of nitrogens with zero attached hydrogens (tertiary/aromatic N) is 2. The number of thioether (sulfide) groups is 1. The summed E-state index contributed by atoms with van der Waals surface area (Å²) in [4.78, 5) is 12.1. The lowest BCUT2D eigenvalue weighted by molar-refractivity contribution is -0.184. The molecule has 0 atom stereocenters. The molecule has 1 aliphatic carbocycles. The number of alkyl halides is 3. The van der Waals surface area contributed by atoms with E-state index in [9.17, 15) is 18.0 Å². The number of rotatable bonds is 5. The molecule has 1 amide bonds. The van der Waals surface area contributed by atoms with Gasteiger partial charge < -0.3 is 5.32 Å². The molecule has 4 nitrogen and oxygen atoms in total. The van der Waals surface area contributed by atoms with E-state index < -0.39 is 12.1 Å². The second-order valence-corrected chi connectivity index (χ2v) is 7.30. The molecular formula is C13H16F3N3OS2. The van der Waals surface area contributed by atoms with Crippen molar-refractivity contribution in [1.29, 1.82) is 0 Å². The van der Waals surface area contributed by atoms with Crippen LogP contribution in [0.25, 0.3) is 0 Å². The summed E-state index contributed by atoms with van der Waals surface area (Å²) < 4.78 is 38.5. The van der Waals surface area contributed by atoms with Crippen molar-refractivity contribution in [3.63, 3.8) is 0 Å². The zero-order chi connectivity index (χ0) is 16.2. The molecule has 0 radical (unpaired) electrons. The average Bonchev–Trinajstić information content (AvgIpc) is 2.92. The Morgan fingerprint density at radius 3 is 2.64 bits per heavy atom. The van der Waals surface area contributed by atoms with Crippen LogP contribution in [0.5, 0.6) is 0 Å². The van der Waals surface area contributed by atoms with Crippen molar-refractivity contribution < 1.29 is 18.0 Å². The Morgan fingerprint density at radius 2 is 2.05 bits per heavy atom. The second kappa shape index (κ2) is 7.45. The number of carbonyl (C=O) groups is 1. The summed E-state index contributed by atoms with van der Waals surface area (Å²) in [5, 5.41) is 10.8. The van der Waals surface area contributed by atoms with E-state index in [0.717, 1.165) is 4.34 Å². The van der Waals surface area contributed by atoms with Gasteiger partial charge in [0.2, 0.25) is 11.0 Å². The Kier molecular flexibility index (Phi) is 5.85. The van der Waals surface area contributed by atoms with Crippen LogP contribution in [0.2, 0.25) is 0 Å². The molecule has 1 aromatic rings. The van der Waals surface area contributed by atoms with Gasteiger partial charge >= 0.3 is 6.18 Å². The van der Waals surface area contributed by atoms with Gasteiger partial charge in [-0.15, -0.1) is 16.8 Å². The SMILES string of the molecule is C=CCSc1nnc(NC(=O)C2CCC(C(F)(F)F)CC2)s1. The van der Waals surface area contributed by atoms with Crippen molar-refractivity contribution >= 4 is 34.1 Å². The van der Waals surface area contributed by atoms with Gasteiger partial charge in [-0.05, 0) is 25.7 Å². The molecule has 0 bridgehead atoms. The number of nitrogens with one attached hydrogen (secondary N) is 1. The van der Waals surface area contributed by atoms with Crippen LogP contribution in [0, 0.1) is 11.8 Å². The maximum Gasteiger partial charge on any atom is 0.391 e. The van der Waals surface area contributed by atoms with Crippen LogP contribution < -0.4 is 5.32 Å². The molecule has 1 fully saturated rings. The Bertz CT molecular complexity index is 525. The number of amides is 1. The fourth-order valence-corrected chi connectivity index (χ4v) is 3.86. The van der Waals surface area contributed by atoms with Crippen LogP contribution in [0.3, 0.4) is 0 Å². The molecule has 0 saturated heterocycles. The standard InChI is InChI=1S/C13H16F3N3OS2/c1-2-7-21-12-19-18-11(22-12)17-10(20)8-3-5-9(6-4-8)13(14,15)16/h2,8-9H,1,3-7H2,(H,17,18,20). The second-order valence-electron chi connectivity index (χ2n) is 5.05. The summed E-state index contributed by atoms with van der Waals surface area (Å²) in [5.74, 6) is -1.23. The van der Waals surface area contributed by atoms with Crippen molar-refractivity contribution in [1.82, 2.24) is 10.2 Å². The quantitative estimate of drug-likeness (QED) is 0.492. The summed E-state index contributed by atoms with van der Waals surface area (Å²) in [6, 6.07) is 0. The number of carbonyl (C=O) groups excluding carboxylic acids is 1. The molecule has 1 saturated carbocycles. The highest BCUT2D eigenvalue weighted by atomic mass is 32.2. The predicted octanol–water partition coefficient (Wildman–Crippen LogP) is 4.12. The largest absolute Gasteiger partial charge is 0.391 e. The van der Waals surface area contributed by atoms with Crippen molar-refractivity contribution in [3.05, 3.63) is 12.7 Å². The monoisotopic (exact) mass is 351 g/mol. The molecule has 1 heterocycles. The molecule has 9 heteroatoms. The van der Waals surface area contributed by atoms with E-state index in [0.29, 0.717) is 10.9 Å². The third kappa shape index (κ3) is 4.70. The maximum atomic E-state index is 12.6. The molecular weight excluding hydrogens is 335 g/mol. The maximum absolute atomic E-state index is 12.6. The van der Waals surface area contributed by atoms with Gasteiger partial charge in [-0.25, -0.2) is 0 Å². The van der Waals surface area contributed by atoms with Gasteiger partial charge in [-0.3, -0.25) is 4.79 Å². The number of aromatic nitrogens is 2. The fourth-order valence-electron chi connectivity index (χ4n) is 2.34. The van der Waals surface area contributed by atoms with Crippen LogP contribution in [0.4, 0.5) is 18.3 Å². The van der Waals surface area contributed by atoms with E-state index in [-0.39, 0.29) is 37.5 Å². The van der Waals surface area contributed by atoms with E-state index in [1.54, 1.807) is 6.08 Å². The summed E-state index contributed by atoms with van der Waals surface area (Å²) in [6.07, 6.45) is -1.88. The molecule has 22 heavy (non-hydrogen) atoms. The molecule has 0 aromatic carbocycles. The predicted molar refractivity (Wildman–Crippen MR) is 81.0 cm³/mol. The minimum Gasteiger partial charge on any atom is -0.300 e. The summed E-state index contributed by atoms with van der Waals surface area (Å²) in [6.45, 7) is 3.60. The van der Waals surface area contributed by atoms with Crippen molar-refractivity contribution in [2.24, 2.45) is 11.8 Å². The average molecular weight is 351 g/mol. The summed E-state index contributed by atoms with van der Waals surface area (Å²) in [5.41, 5.74) is 0. The summed E-state index contributed by atoms with van der Waals surface area (Å²) in [7, 11) is 0. The van der Waals surface area contributed by atoms with E-state index in [4.69, 9.17) is 0 Å². The Hall–Kier alpha value is -1.09. The highest BCUT2D eigenvalue weighted by Gasteiger charge is 2.42. The topological polar surface area (TPSA) is 54.9 Å². The zero-order valence-electron chi connectivity index (χ0n) is 11.7. The Morgan fingerprint density at radius 1 is 1.36 bits per heavy atom. The third-order valence-electron chi connectivity index (χ3n) is 3.52. The molecule has 0 unspecified atom stereocenters. The first-order valence-electron chi connectivity index (χ1n) is 6.85. The van der Waals surface area contributed by atoms with Gasteiger partial charge in [-0.2, -0.15) is 13.2 Å². The van der Waals surface area contributed by atoms with E-state index in [1.165, 1.54) is 23.1 Å². The van der Waals surface area contributed by atoms with Gasteiger partial charge in [0.15, 0.2) is 4.34 Å². The normalized spacial score (nSPS) is 22.3. The van der Waals surface area contributed by atoms with Crippen LogP contribution >= 0.6 is 23.1 Å². The molecule has 0 aliphatic heterocycles. The molecule has 1 N–H and O–H groups in total. The number of halogens is 3. The van der Waals surface area contributed by atoms with Gasteiger partial charge in [0.1, 0.15) is 0 Å². The summed E-state index contributed by atoms with van der Waals surface area (Å²) >= 11 is 2.71. The third-order valence-corrected chi connectivity index (χ3v) is 5.49. The lowest BCUT2D eigenvalue weighted by atomic mass is 9.81. The number of anilines is 1. The van der Waals surface area contributed by atoms with E-state index in [2.05, 4.69) is 22.1 Å². The van der Waals surface area contributed by atoms with Crippen LogP contribution in [-0.2, 0) is 4.79 Å². The first kappa shape index (κ1) is 17.3. The van der Waals surface area contributed by atoms with Gasteiger partial charge in [0.25, 0.3) is 0 Å². The van der Waals surface area contributed by atoms with Gasteiger partial charge in [-0.1, -0.05) is 29.2 Å². The lowest BCUT2D eigenvalue weighted by Gasteiger charge is -2.28. The number of hydrogen-bond acceptors (Lipinski definition) is 5. The first-order chi connectivity index (χ1) is 10.4. The molecule has 1 aromatic heterocycles. The number of hydrogen-bond donors (Lipinski definition) is 1. The highest BCUT2D eigenvalue weighted by molar-refractivity contribution is 8.01. The lowest BCUT2D eigenvalue weighted by Crippen LogP contribution is -2.32. The van der Waals surface area contributed by atoms with Crippen LogP contribution in [0.1, 0.15) is 25.7 Å². The van der Waals surface area contributed by atoms with Crippen LogP contribution in [0.15, 0.2) is 17.0 Å². The minimum atomic E-state index is -4.15. The van der Waals surface area contributed by atoms with Crippen molar-refractivity contribution in [2.75, 3.05) is 11.1 Å². The highest BCUT2D eigenvalue weighted by Crippen LogP contribution is 2.39. The van der Waals surface area contributed by atoms with E-state index >= 15 is 0 Å². The molecule has 0 spiro atoms. The van der Waals surface area contributed by atoms with Crippen molar-refractivity contribution in [2.45, 2.75) is 36.2 Å².